The summed E-state index contributed by atoms with van der Waals surface area (Å²) in [6, 6.07) is 12.0. The molecule has 0 unspecified atom stereocenters. The van der Waals surface area contributed by atoms with E-state index in [1.807, 2.05) is 25.1 Å². The number of hydrogen-bond donors (Lipinski definition) is 1. The van der Waals surface area contributed by atoms with Crippen LogP contribution in [0.5, 0.6) is 11.5 Å². The molecule has 33 heavy (non-hydrogen) atoms. The molecule has 0 saturated carbocycles. The van der Waals surface area contributed by atoms with Gasteiger partial charge in [-0.3, -0.25) is 4.79 Å². The van der Waals surface area contributed by atoms with E-state index >= 15 is 0 Å². The second-order valence-electron chi connectivity index (χ2n) is 7.20. The lowest BCUT2D eigenvalue weighted by Crippen LogP contribution is -2.11. The maximum absolute atomic E-state index is 12.3. The molecule has 0 saturated heterocycles. The highest BCUT2D eigenvalue weighted by Gasteiger charge is 2.08. The highest BCUT2D eigenvalue weighted by atomic mass is 16.6. The van der Waals surface area contributed by atoms with Crippen molar-refractivity contribution < 1.29 is 28.5 Å². The molecule has 0 aliphatic heterocycles. The number of anilines is 1. The summed E-state index contributed by atoms with van der Waals surface area (Å²) in [5.74, 6) is 0.588. The summed E-state index contributed by atoms with van der Waals surface area (Å²) in [4.78, 5) is 24.2. The Morgan fingerprint density at radius 2 is 1.73 bits per heavy atom. The van der Waals surface area contributed by atoms with Crippen LogP contribution in [0.2, 0.25) is 0 Å². The van der Waals surface area contributed by atoms with Crippen molar-refractivity contribution in [2.24, 2.45) is 0 Å². The molecule has 0 fully saturated rings. The lowest BCUT2D eigenvalue weighted by molar-refractivity contribution is -0.111. The maximum atomic E-state index is 12.3. The van der Waals surface area contributed by atoms with Crippen LogP contribution in [0.4, 0.5) is 5.69 Å². The molecule has 0 atom stereocenters. The van der Waals surface area contributed by atoms with Gasteiger partial charge >= 0.3 is 5.97 Å². The molecule has 0 spiro atoms. The summed E-state index contributed by atoms with van der Waals surface area (Å²) in [5.41, 5.74) is 1.79. The fourth-order valence-electron chi connectivity index (χ4n) is 2.91. The number of esters is 1. The van der Waals surface area contributed by atoms with Gasteiger partial charge in [0.2, 0.25) is 5.91 Å². The number of amides is 1. The van der Waals surface area contributed by atoms with Crippen molar-refractivity contribution in [1.29, 1.82) is 0 Å². The van der Waals surface area contributed by atoms with Gasteiger partial charge in [-0.1, -0.05) is 25.8 Å². The van der Waals surface area contributed by atoms with E-state index in [2.05, 4.69) is 12.2 Å². The van der Waals surface area contributed by atoms with Gasteiger partial charge in [-0.15, -0.1) is 0 Å². The lowest BCUT2D eigenvalue weighted by atomic mass is 10.1. The van der Waals surface area contributed by atoms with Crippen molar-refractivity contribution in [3.8, 4) is 11.5 Å². The second-order valence-corrected chi connectivity index (χ2v) is 7.20. The minimum Gasteiger partial charge on any atom is -0.493 e. The number of methoxy groups -OCH3 is 1. The van der Waals surface area contributed by atoms with Crippen LogP contribution >= 0.6 is 0 Å². The molecule has 1 amide bonds. The molecule has 0 aliphatic rings. The van der Waals surface area contributed by atoms with Crippen LogP contribution in [0.25, 0.3) is 6.08 Å². The van der Waals surface area contributed by atoms with Crippen molar-refractivity contribution in [3.63, 3.8) is 0 Å². The van der Waals surface area contributed by atoms with Gasteiger partial charge in [0.15, 0.2) is 11.5 Å². The smallest absolute Gasteiger partial charge is 0.338 e. The minimum absolute atomic E-state index is 0.201. The number of ether oxygens (including phenoxy) is 4. The number of hydrogen-bond acceptors (Lipinski definition) is 6. The van der Waals surface area contributed by atoms with E-state index in [4.69, 9.17) is 18.9 Å². The van der Waals surface area contributed by atoms with Crippen LogP contribution in [0.15, 0.2) is 48.5 Å². The summed E-state index contributed by atoms with van der Waals surface area (Å²) < 4.78 is 21.4. The summed E-state index contributed by atoms with van der Waals surface area (Å²) in [6.45, 7) is 5.81. The fraction of sp³-hybridized carbons (Fsp3) is 0.385. The third kappa shape index (κ3) is 9.37. The Morgan fingerprint density at radius 3 is 2.42 bits per heavy atom. The fourth-order valence-corrected chi connectivity index (χ4v) is 2.91. The Bertz CT molecular complexity index is 907. The van der Waals surface area contributed by atoms with Crippen molar-refractivity contribution >= 4 is 23.6 Å². The van der Waals surface area contributed by atoms with E-state index in [0.717, 1.165) is 24.8 Å². The molecular formula is C26H33NO6. The van der Waals surface area contributed by atoms with Gasteiger partial charge in [0.25, 0.3) is 0 Å². The summed E-state index contributed by atoms with van der Waals surface area (Å²) in [7, 11) is 1.59. The van der Waals surface area contributed by atoms with Gasteiger partial charge < -0.3 is 24.3 Å². The van der Waals surface area contributed by atoms with E-state index in [-0.39, 0.29) is 12.5 Å². The topological polar surface area (TPSA) is 83.1 Å². The zero-order valence-electron chi connectivity index (χ0n) is 19.6. The van der Waals surface area contributed by atoms with Gasteiger partial charge in [-0.2, -0.15) is 0 Å². The molecule has 7 heteroatoms. The number of unbranched alkanes of at least 4 members (excludes halogenated alkanes) is 2. The quantitative estimate of drug-likeness (QED) is 0.242. The van der Waals surface area contributed by atoms with E-state index in [1.165, 1.54) is 6.08 Å². The largest absolute Gasteiger partial charge is 0.493 e. The average molecular weight is 456 g/mol. The molecule has 7 nitrogen and oxygen atoms in total. The molecule has 2 aromatic rings. The minimum atomic E-state index is -0.431. The first-order valence-corrected chi connectivity index (χ1v) is 11.2. The summed E-state index contributed by atoms with van der Waals surface area (Å²) in [6.07, 6.45) is 6.39. The SMILES string of the molecule is CCCCCOc1ccc(/C=C/C(=O)Nc2ccc(C(=O)OCCOCC)cc2)cc1OC. The van der Waals surface area contributed by atoms with Gasteiger partial charge in [-0.25, -0.2) is 4.79 Å². The zero-order valence-corrected chi connectivity index (χ0v) is 19.6. The molecule has 0 aliphatic carbocycles. The third-order valence-electron chi connectivity index (χ3n) is 4.67. The van der Waals surface area contributed by atoms with Gasteiger partial charge in [0.1, 0.15) is 6.61 Å². The van der Waals surface area contributed by atoms with Crippen LogP contribution in [-0.2, 0) is 14.3 Å². The van der Waals surface area contributed by atoms with Crippen LogP contribution in [-0.4, -0.2) is 45.4 Å². The first kappa shape index (κ1) is 25.9. The normalized spacial score (nSPS) is 10.8. The number of nitrogens with one attached hydrogen (secondary N) is 1. The Hall–Kier alpha value is -3.32. The predicted octanol–water partition coefficient (Wildman–Crippen LogP) is 5.11. The molecule has 1 N–H and O–H groups in total. The molecule has 0 bridgehead atoms. The van der Waals surface area contributed by atoms with Crippen LogP contribution < -0.4 is 14.8 Å². The molecular weight excluding hydrogens is 422 g/mol. The maximum Gasteiger partial charge on any atom is 0.338 e. The predicted molar refractivity (Wildman–Crippen MR) is 129 cm³/mol. The van der Waals surface area contributed by atoms with Crippen LogP contribution in [0, 0.1) is 0 Å². The first-order chi connectivity index (χ1) is 16.1. The Labute approximate surface area is 195 Å². The van der Waals surface area contributed by atoms with Gasteiger partial charge in [0.05, 0.1) is 25.9 Å². The van der Waals surface area contributed by atoms with Crippen molar-refractivity contribution in [2.75, 3.05) is 38.9 Å². The van der Waals surface area contributed by atoms with Crippen molar-refractivity contribution in [2.45, 2.75) is 33.1 Å². The molecule has 178 valence electrons. The van der Waals surface area contributed by atoms with Gasteiger partial charge in [0, 0.05) is 18.4 Å². The van der Waals surface area contributed by atoms with E-state index in [9.17, 15) is 9.59 Å². The highest BCUT2D eigenvalue weighted by Crippen LogP contribution is 2.28. The standard InChI is InChI=1S/C26H33NO6/c1-4-6-7-16-32-23-14-8-20(19-24(23)30-3)9-15-25(28)27-22-12-10-21(11-13-22)26(29)33-18-17-31-5-2/h8-15,19H,4-7,16-18H2,1-3H3,(H,27,28)/b15-9+. The van der Waals surface area contributed by atoms with E-state index in [1.54, 1.807) is 37.5 Å². The summed E-state index contributed by atoms with van der Waals surface area (Å²) in [5, 5.41) is 2.76. The van der Waals surface area contributed by atoms with Crippen molar-refractivity contribution in [1.82, 2.24) is 0 Å². The monoisotopic (exact) mass is 455 g/mol. The Morgan fingerprint density at radius 1 is 0.939 bits per heavy atom. The highest BCUT2D eigenvalue weighted by molar-refractivity contribution is 6.02. The number of carbonyl (C=O) groups is 2. The first-order valence-electron chi connectivity index (χ1n) is 11.2. The molecule has 2 aromatic carbocycles. The number of rotatable bonds is 14. The number of benzene rings is 2. The van der Waals surface area contributed by atoms with Gasteiger partial charge in [-0.05, 0) is 61.4 Å². The second kappa shape index (κ2) is 14.7. The Balaban J connectivity index is 1.88. The third-order valence-corrected chi connectivity index (χ3v) is 4.67. The lowest BCUT2D eigenvalue weighted by Gasteiger charge is -2.11. The van der Waals surface area contributed by atoms with Crippen LogP contribution in [0.3, 0.4) is 0 Å². The summed E-state index contributed by atoms with van der Waals surface area (Å²) >= 11 is 0. The van der Waals surface area contributed by atoms with E-state index < -0.39 is 5.97 Å². The molecule has 0 heterocycles. The number of carbonyl (C=O) groups excluding carboxylic acids is 2. The average Bonchev–Trinajstić information content (AvgIpc) is 2.84. The zero-order chi connectivity index (χ0) is 23.9. The van der Waals surface area contributed by atoms with Crippen LogP contribution in [0.1, 0.15) is 49.0 Å². The molecule has 0 aromatic heterocycles. The Kier molecular flexibility index (Phi) is 11.5. The van der Waals surface area contributed by atoms with Crippen molar-refractivity contribution in [3.05, 3.63) is 59.7 Å². The van der Waals surface area contributed by atoms with E-state index in [0.29, 0.717) is 42.6 Å². The molecule has 0 radical (unpaired) electrons. The molecule has 2 rings (SSSR count).